The number of hydrogen-bond donors (Lipinski definition) is 1. The van der Waals surface area contributed by atoms with E-state index in [2.05, 4.69) is 73.9 Å². The molecular weight excluding hydrogens is 316 g/mol. The molecule has 0 fully saturated rings. The molecule has 25 heavy (non-hydrogen) atoms. The summed E-state index contributed by atoms with van der Waals surface area (Å²) in [6.07, 6.45) is 1.67. The largest absolute Gasteiger partial charge is 0.252 e. The van der Waals surface area contributed by atoms with Gasteiger partial charge in [0.15, 0.2) is 0 Å². The fourth-order valence-corrected chi connectivity index (χ4v) is 2.64. The second-order valence-electron chi connectivity index (χ2n) is 6.18. The number of benzene rings is 2. The standard InChI is InChI=1S/C11H16O2.C10H14O2/c1-9-4-5-11(10(2)8-9)6-7-13-12-3;1-8-3-4-10(5-6-12-11)9(2)7-8/h4-5,8H,6-7H2,1-3H3;3-4,7,11H,5-6H2,1-2H3. The lowest BCUT2D eigenvalue weighted by atomic mass is 10.0. The average molecular weight is 346 g/mol. The van der Waals surface area contributed by atoms with Crippen molar-refractivity contribution < 1.29 is 19.9 Å². The minimum Gasteiger partial charge on any atom is -0.252 e. The van der Waals surface area contributed by atoms with E-state index < -0.39 is 0 Å². The van der Waals surface area contributed by atoms with Gasteiger partial charge in [-0.3, -0.25) is 5.26 Å². The monoisotopic (exact) mass is 346 g/mol. The molecule has 0 spiro atoms. The molecule has 4 nitrogen and oxygen atoms in total. The van der Waals surface area contributed by atoms with Crippen LogP contribution < -0.4 is 0 Å². The Kier molecular flexibility index (Phi) is 10.0. The number of rotatable bonds is 7. The van der Waals surface area contributed by atoms with E-state index >= 15 is 0 Å². The molecule has 4 heteroatoms. The van der Waals surface area contributed by atoms with Gasteiger partial charge in [0, 0.05) is 0 Å². The Hall–Kier alpha value is -1.72. The van der Waals surface area contributed by atoms with Crippen LogP contribution in [0.1, 0.15) is 33.4 Å². The highest BCUT2D eigenvalue weighted by molar-refractivity contribution is 5.31. The van der Waals surface area contributed by atoms with Crippen molar-refractivity contribution in [3.8, 4) is 0 Å². The Balaban J connectivity index is 0.000000251. The van der Waals surface area contributed by atoms with Gasteiger partial charge in [-0.15, -0.1) is 0 Å². The molecule has 0 heterocycles. The second-order valence-corrected chi connectivity index (χ2v) is 6.18. The van der Waals surface area contributed by atoms with E-state index in [9.17, 15) is 0 Å². The highest BCUT2D eigenvalue weighted by Gasteiger charge is 1.98. The van der Waals surface area contributed by atoms with Gasteiger partial charge < -0.3 is 0 Å². The molecule has 2 rings (SSSR count). The fraction of sp³-hybridized carbons (Fsp3) is 0.429. The van der Waals surface area contributed by atoms with E-state index in [4.69, 9.17) is 10.1 Å². The van der Waals surface area contributed by atoms with E-state index in [0.717, 1.165) is 12.8 Å². The van der Waals surface area contributed by atoms with Gasteiger partial charge in [0.25, 0.3) is 0 Å². The van der Waals surface area contributed by atoms with E-state index in [1.807, 2.05) is 0 Å². The van der Waals surface area contributed by atoms with Crippen molar-refractivity contribution in [3.05, 3.63) is 69.8 Å². The predicted octanol–water partition coefficient (Wildman–Crippen LogP) is 4.76. The van der Waals surface area contributed by atoms with Crippen LogP contribution in [0.25, 0.3) is 0 Å². The van der Waals surface area contributed by atoms with Crippen LogP contribution >= 0.6 is 0 Å². The van der Waals surface area contributed by atoms with Crippen molar-refractivity contribution in [1.29, 1.82) is 0 Å². The van der Waals surface area contributed by atoms with Crippen molar-refractivity contribution in [1.82, 2.24) is 0 Å². The lowest BCUT2D eigenvalue weighted by Gasteiger charge is -2.05. The molecule has 0 aliphatic carbocycles. The Morgan fingerprint density at radius 2 is 1.24 bits per heavy atom. The van der Waals surface area contributed by atoms with Gasteiger partial charge in [-0.1, -0.05) is 47.5 Å². The van der Waals surface area contributed by atoms with Gasteiger partial charge in [0.2, 0.25) is 0 Å². The van der Waals surface area contributed by atoms with Gasteiger partial charge in [-0.25, -0.2) is 14.7 Å². The van der Waals surface area contributed by atoms with Crippen molar-refractivity contribution in [2.24, 2.45) is 0 Å². The van der Waals surface area contributed by atoms with Gasteiger partial charge in [-0.2, -0.15) is 0 Å². The van der Waals surface area contributed by atoms with Crippen molar-refractivity contribution >= 4 is 0 Å². The zero-order chi connectivity index (χ0) is 18.7. The molecule has 0 saturated carbocycles. The lowest BCUT2D eigenvalue weighted by molar-refractivity contribution is -0.271. The molecule has 0 radical (unpaired) electrons. The molecule has 138 valence electrons. The minimum atomic E-state index is 0.365. The van der Waals surface area contributed by atoms with Crippen LogP contribution in [0, 0.1) is 27.7 Å². The molecule has 0 atom stereocenters. The summed E-state index contributed by atoms with van der Waals surface area (Å²) in [6.45, 7) is 9.33. The summed E-state index contributed by atoms with van der Waals surface area (Å²) >= 11 is 0. The first kappa shape index (κ1) is 21.3. The lowest BCUT2D eigenvalue weighted by Crippen LogP contribution is -1.99. The SMILES string of the molecule is COOCCc1ccc(C)cc1C.Cc1ccc(CCOO)c(C)c1. The maximum absolute atomic E-state index is 8.17. The Morgan fingerprint density at radius 3 is 1.64 bits per heavy atom. The molecule has 0 unspecified atom stereocenters. The zero-order valence-electron chi connectivity index (χ0n) is 16.0. The third-order valence-electron chi connectivity index (χ3n) is 4.03. The maximum atomic E-state index is 8.17. The Morgan fingerprint density at radius 1 is 0.760 bits per heavy atom. The first-order valence-electron chi connectivity index (χ1n) is 8.52. The molecule has 2 aromatic rings. The van der Waals surface area contributed by atoms with Gasteiger partial charge in [0.1, 0.15) is 0 Å². The molecule has 0 saturated heterocycles. The number of aryl methyl sites for hydroxylation is 4. The Labute approximate surface area is 151 Å². The summed E-state index contributed by atoms with van der Waals surface area (Å²) in [7, 11) is 1.53. The fourth-order valence-electron chi connectivity index (χ4n) is 2.64. The third-order valence-corrected chi connectivity index (χ3v) is 4.03. The van der Waals surface area contributed by atoms with E-state index in [1.54, 1.807) is 0 Å². The summed E-state index contributed by atoms with van der Waals surface area (Å²) in [5.41, 5.74) is 7.69. The minimum absolute atomic E-state index is 0.365. The third kappa shape index (κ3) is 8.27. The van der Waals surface area contributed by atoms with E-state index in [-0.39, 0.29) is 0 Å². The maximum Gasteiger partial charge on any atom is 0.0862 e. The molecule has 0 aromatic heterocycles. The molecular formula is C21H30O4. The molecule has 0 aliphatic heterocycles. The Bertz CT molecular complexity index is 638. The van der Waals surface area contributed by atoms with Gasteiger partial charge in [0.05, 0.1) is 20.3 Å². The first-order chi connectivity index (χ1) is 12.0. The zero-order valence-corrected chi connectivity index (χ0v) is 16.0. The second kappa shape index (κ2) is 11.8. The van der Waals surface area contributed by atoms with Crippen LogP contribution in [0.2, 0.25) is 0 Å². The van der Waals surface area contributed by atoms with Crippen molar-refractivity contribution in [2.75, 3.05) is 20.3 Å². The topological polar surface area (TPSA) is 47.9 Å². The van der Waals surface area contributed by atoms with Gasteiger partial charge in [-0.05, 0) is 62.8 Å². The molecule has 0 bridgehead atoms. The van der Waals surface area contributed by atoms with Crippen LogP contribution in [0.5, 0.6) is 0 Å². The quantitative estimate of drug-likeness (QED) is 0.446. The molecule has 0 aliphatic rings. The van der Waals surface area contributed by atoms with E-state index in [0.29, 0.717) is 13.2 Å². The molecule has 2 aromatic carbocycles. The first-order valence-corrected chi connectivity index (χ1v) is 8.52. The summed E-state index contributed by atoms with van der Waals surface area (Å²) in [4.78, 5) is 13.4. The molecule has 1 N–H and O–H groups in total. The van der Waals surface area contributed by atoms with Crippen LogP contribution in [-0.4, -0.2) is 25.6 Å². The summed E-state index contributed by atoms with van der Waals surface area (Å²) in [5, 5.41) is 8.17. The highest BCUT2D eigenvalue weighted by Crippen LogP contribution is 2.11. The average Bonchev–Trinajstić information content (AvgIpc) is 2.57. The highest BCUT2D eigenvalue weighted by atomic mass is 17.2. The van der Waals surface area contributed by atoms with Crippen molar-refractivity contribution in [2.45, 2.75) is 40.5 Å². The summed E-state index contributed by atoms with van der Waals surface area (Å²) in [6, 6.07) is 12.7. The summed E-state index contributed by atoms with van der Waals surface area (Å²) < 4.78 is 0. The molecule has 0 amide bonds. The summed E-state index contributed by atoms with van der Waals surface area (Å²) in [5.74, 6) is 0. The van der Waals surface area contributed by atoms with Crippen LogP contribution in [0.3, 0.4) is 0 Å². The van der Waals surface area contributed by atoms with Crippen LogP contribution in [0.4, 0.5) is 0 Å². The van der Waals surface area contributed by atoms with Gasteiger partial charge >= 0.3 is 0 Å². The van der Waals surface area contributed by atoms with E-state index in [1.165, 1.54) is 40.5 Å². The smallest absolute Gasteiger partial charge is 0.0862 e. The number of hydrogen-bond acceptors (Lipinski definition) is 4. The van der Waals surface area contributed by atoms with Crippen LogP contribution in [0.15, 0.2) is 36.4 Å². The normalized spacial score (nSPS) is 10.3. The van der Waals surface area contributed by atoms with Crippen LogP contribution in [-0.2, 0) is 27.5 Å². The predicted molar refractivity (Wildman–Crippen MR) is 101 cm³/mol. The van der Waals surface area contributed by atoms with Crippen molar-refractivity contribution in [3.63, 3.8) is 0 Å².